The molecule has 0 radical (unpaired) electrons. The summed E-state index contributed by atoms with van der Waals surface area (Å²) in [5.41, 5.74) is 6.29. The Morgan fingerprint density at radius 3 is 2.53 bits per heavy atom. The molecular weight excluding hydrogens is 238 g/mol. The highest BCUT2D eigenvalue weighted by molar-refractivity contribution is 6.30. The van der Waals surface area contributed by atoms with Crippen molar-refractivity contribution in [2.45, 2.75) is 0 Å². The third kappa shape index (κ3) is 2.82. The van der Waals surface area contributed by atoms with Gasteiger partial charge in [-0.2, -0.15) is 0 Å². The van der Waals surface area contributed by atoms with E-state index in [0.717, 1.165) is 0 Å². The van der Waals surface area contributed by atoms with E-state index in [9.17, 15) is 0 Å². The summed E-state index contributed by atoms with van der Waals surface area (Å²) in [6.07, 6.45) is 0. The smallest absolute Gasteiger partial charge is 0.145 e. The lowest BCUT2D eigenvalue weighted by Crippen LogP contribution is -1.93. The highest BCUT2D eigenvalue weighted by Gasteiger charge is 2.03. The molecule has 0 saturated carbocycles. The van der Waals surface area contributed by atoms with Gasteiger partial charge in [0.05, 0.1) is 12.8 Å². The lowest BCUT2D eigenvalue weighted by molar-refractivity contribution is 0.411. The fraction of sp³-hybridized carbons (Fsp3) is 0.0769. The first kappa shape index (κ1) is 11.6. The zero-order chi connectivity index (χ0) is 12.3. The number of nitrogen functional groups attached to an aromatic ring is 1. The Kier molecular flexibility index (Phi) is 3.40. The zero-order valence-corrected chi connectivity index (χ0v) is 10.1. The average Bonchev–Trinajstić information content (AvgIpc) is 2.32. The Balaban J connectivity index is 2.24. The molecule has 2 aromatic rings. The minimum absolute atomic E-state index is 0.575. The van der Waals surface area contributed by atoms with E-state index in [2.05, 4.69) is 0 Å². The Morgan fingerprint density at radius 2 is 1.82 bits per heavy atom. The number of anilines is 1. The van der Waals surface area contributed by atoms with Crippen LogP contribution >= 0.6 is 11.6 Å². The first-order valence-electron chi connectivity index (χ1n) is 5.06. The van der Waals surface area contributed by atoms with Gasteiger partial charge in [0, 0.05) is 11.1 Å². The molecule has 3 nitrogen and oxygen atoms in total. The second kappa shape index (κ2) is 4.97. The fourth-order valence-electron chi connectivity index (χ4n) is 1.42. The van der Waals surface area contributed by atoms with E-state index in [1.807, 2.05) is 12.1 Å². The quantitative estimate of drug-likeness (QED) is 0.843. The molecule has 0 aliphatic heterocycles. The van der Waals surface area contributed by atoms with E-state index in [0.29, 0.717) is 28.0 Å². The van der Waals surface area contributed by atoms with Gasteiger partial charge >= 0.3 is 0 Å². The summed E-state index contributed by atoms with van der Waals surface area (Å²) in [4.78, 5) is 0. The molecule has 88 valence electrons. The van der Waals surface area contributed by atoms with Crippen molar-refractivity contribution in [3.05, 3.63) is 47.5 Å². The Labute approximate surface area is 105 Å². The van der Waals surface area contributed by atoms with Gasteiger partial charge in [0.1, 0.15) is 17.2 Å². The van der Waals surface area contributed by atoms with Crippen molar-refractivity contribution in [2.75, 3.05) is 12.8 Å². The summed E-state index contributed by atoms with van der Waals surface area (Å²) < 4.78 is 10.8. The second-order valence-electron chi connectivity index (χ2n) is 3.46. The summed E-state index contributed by atoms with van der Waals surface area (Å²) >= 11 is 5.87. The van der Waals surface area contributed by atoms with Crippen LogP contribution in [-0.4, -0.2) is 7.11 Å². The average molecular weight is 250 g/mol. The molecule has 0 amide bonds. The molecule has 4 heteroatoms. The van der Waals surface area contributed by atoms with Gasteiger partial charge < -0.3 is 15.2 Å². The number of hydrogen-bond acceptors (Lipinski definition) is 3. The summed E-state index contributed by atoms with van der Waals surface area (Å²) in [6.45, 7) is 0. The van der Waals surface area contributed by atoms with Crippen molar-refractivity contribution in [3.63, 3.8) is 0 Å². The van der Waals surface area contributed by atoms with Crippen molar-refractivity contribution >= 4 is 17.3 Å². The molecule has 0 aromatic heterocycles. The largest absolute Gasteiger partial charge is 0.494 e. The molecule has 0 saturated heterocycles. The summed E-state index contributed by atoms with van der Waals surface area (Å²) in [5, 5.41) is 0.630. The van der Waals surface area contributed by atoms with Crippen LogP contribution in [0, 0.1) is 0 Å². The molecule has 2 rings (SSSR count). The standard InChI is InChI=1S/C13H12ClNO2/c1-16-13-8-11(5-6-12(13)15)17-10-4-2-3-9(14)7-10/h2-8H,15H2,1H3. The van der Waals surface area contributed by atoms with E-state index >= 15 is 0 Å². The Morgan fingerprint density at radius 1 is 1.06 bits per heavy atom. The number of methoxy groups -OCH3 is 1. The molecule has 0 heterocycles. The van der Waals surface area contributed by atoms with Gasteiger partial charge in [-0.25, -0.2) is 0 Å². The van der Waals surface area contributed by atoms with Crippen molar-refractivity contribution in [1.82, 2.24) is 0 Å². The molecule has 2 N–H and O–H groups in total. The first-order chi connectivity index (χ1) is 8.19. The first-order valence-corrected chi connectivity index (χ1v) is 5.44. The molecule has 0 aliphatic rings. The predicted molar refractivity (Wildman–Crippen MR) is 68.9 cm³/mol. The topological polar surface area (TPSA) is 44.5 Å². The fourth-order valence-corrected chi connectivity index (χ4v) is 1.60. The maximum Gasteiger partial charge on any atom is 0.145 e. The molecule has 0 unspecified atom stereocenters. The van der Waals surface area contributed by atoms with Crippen LogP contribution in [0.1, 0.15) is 0 Å². The summed E-state index contributed by atoms with van der Waals surface area (Å²) in [5.74, 6) is 1.91. The number of benzene rings is 2. The Bertz CT molecular complexity index is 529. The van der Waals surface area contributed by atoms with Crippen LogP contribution in [-0.2, 0) is 0 Å². The Hall–Kier alpha value is -1.87. The molecule has 0 bridgehead atoms. The molecule has 0 spiro atoms. The molecule has 0 aliphatic carbocycles. The number of halogens is 1. The van der Waals surface area contributed by atoms with Gasteiger partial charge in [0.2, 0.25) is 0 Å². The van der Waals surface area contributed by atoms with E-state index < -0.39 is 0 Å². The highest BCUT2D eigenvalue weighted by atomic mass is 35.5. The predicted octanol–water partition coefficient (Wildman–Crippen LogP) is 3.72. The van der Waals surface area contributed by atoms with Crippen molar-refractivity contribution < 1.29 is 9.47 Å². The number of nitrogens with two attached hydrogens (primary N) is 1. The molecule has 17 heavy (non-hydrogen) atoms. The van der Waals surface area contributed by atoms with Crippen LogP contribution < -0.4 is 15.2 Å². The summed E-state index contributed by atoms with van der Waals surface area (Å²) in [6, 6.07) is 12.4. The monoisotopic (exact) mass is 249 g/mol. The van der Waals surface area contributed by atoms with Gasteiger partial charge in [-0.1, -0.05) is 17.7 Å². The number of hydrogen-bond donors (Lipinski definition) is 1. The van der Waals surface area contributed by atoms with E-state index in [-0.39, 0.29) is 0 Å². The van der Waals surface area contributed by atoms with Gasteiger partial charge in [-0.15, -0.1) is 0 Å². The van der Waals surface area contributed by atoms with E-state index in [4.69, 9.17) is 26.8 Å². The normalized spacial score (nSPS) is 10.0. The van der Waals surface area contributed by atoms with Gasteiger partial charge in [0.25, 0.3) is 0 Å². The molecule has 2 aromatic carbocycles. The third-order valence-electron chi connectivity index (χ3n) is 2.24. The van der Waals surface area contributed by atoms with E-state index in [1.165, 1.54) is 0 Å². The van der Waals surface area contributed by atoms with Crippen molar-refractivity contribution in [1.29, 1.82) is 0 Å². The van der Waals surface area contributed by atoms with Crippen molar-refractivity contribution in [2.24, 2.45) is 0 Å². The minimum Gasteiger partial charge on any atom is -0.494 e. The van der Waals surface area contributed by atoms with Crippen LogP contribution in [0.5, 0.6) is 17.2 Å². The van der Waals surface area contributed by atoms with Crippen molar-refractivity contribution in [3.8, 4) is 17.2 Å². The maximum atomic E-state index is 5.87. The highest BCUT2D eigenvalue weighted by Crippen LogP contribution is 2.30. The van der Waals surface area contributed by atoms with Gasteiger partial charge in [-0.3, -0.25) is 0 Å². The minimum atomic E-state index is 0.575. The summed E-state index contributed by atoms with van der Waals surface area (Å²) in [7, 11) is 1.56. The maximum absolute atomic E-state index is 5.87. The molecular formula is C13H12ClNO2. The molecule has 0 fully saturated rings. The second-order valence-corrected chi connectivity index (χ2v) is 3.90. The SMILES string of the molecule is COc1cc(Oc2cccc(Cl)c2)ccc1N. The van der Waals surface area contributed by atoms with Crippen LogP contribution in [0.3, 0.4) is 0 Å². The molecule has 0 atom stereocenters. The third-order valence-corrected chi connectivity index (χ3v) is 2.47. The van der Waals surface area contributed by atoms with Gasteiger partial charge in [-0.05, 0) is 30.3 Å². The number of ether oxygens (including phenoxy) is 2. The van der Waals surface area contributed by atoms with E-state index in [1.54, 1.807) is 37.4 Å². The number of rotatable bonds is 3. The van der Waals surface area contributed by atoms with Crippen LogP contribution in [0.4, 0.5) is 5.69 Å². The van der Waals surface area contributed by atoms with Crippen LogP contribution in [0.15, 0.2) is 42.5 Å². The lowest BCUT2D eigenvalue weighted by atomic mass is 10.3. The van der Waals surface area contributed by atoms with Gasteiger partial charge in [0.15, 0.2) is 0 Å². The van der Waals surface area contributed by atoms with Crippen LogP contribution in [0.2, 0.25) is 5.02 Å². The lowest BCUT2D eigenvalue weighted by Gasteiger charge is -2.09. The zero-order valence-electron chi connectivity index (χ0n) is 9.31. The van der Waals surface area contributed by atoms with Crippen LogP contribution in [0.25, 0.3) is 0 Å².